The number of carbonyl (C=O) groups excluding carboxylic acids is 2. The van der Waals surface area contributed by atoms with Crippen LogP contribution in [0.3, 0.4) is 0 Å². The molecule has 1 saturated heterocycles. The van der Waals surface area contributed by atoms with Gasteiger partial charge in [-0.2, -0.15) is 11.8 Å². The molecule has 0 aromatic heterocycles. The van der Waals surface area contributed by atoms with E-state index in [1.807, 2.05) is 17.0 Å². The number of carbonyl (C=O) groups is 2. The van der Waals surface area contributed by atoms with Crippen LogP contribution in [-0.4, -0.2) is 66.4 Å². The van der Waals surface area contributed by atoms with Gasteiger partial charge >= 0.3 is 0 Å². The van der Waals surface area contributed by atoms with Gasteiger partial charge in [-0.3, -0.25) is 9.59 Å². The summed E-state index contributed by atoms with van der Waals surface area (Å²) >= 11 is 1.68. The molecule has 0 atom stereocenters. The molecule has 0 N–H and O–H groups in total. The van der Waals surface area contributed by atoms with E-state index >= 15 is 0 Å². The lowest BCUT2D eigenvalue weighted by atomic mass is 10.1. The Morgan fingerprint density at radius 2 is 1.78 bits per heavy atom. The molecule has 0 unspecified atom stereocenters. The third-order valence-electron chi connectivity index (χ3n) is 3.83. The first-order valence-electron chi connectivity index (χ1n) is 7.95. The second-order valence-corrected chi connectivity index (χ2v) is 6.53. The summed E-state index contributed by atoms with van der Waals surface area (Å²) in [6.45, 7) is 4.46. The molecular formula is C17H24N2O3S. The summed E-state index contributed by atoms with van der Waals surface area (Å²) in [6, 6.07) is 7.25. The second kappa shape index (κ2) is 8.82. The molecule has 1 fully saturated rings. The van der Waals surface area contributed by atoms with Gasteiger partial charge in [-0.25, -0.2) is 0 Å². The molecule has 0 radical (unpaired) electrons. The Bertz CT molecular complexity index is 542. The first-order valence-corrected chi connectivity index (χ1v) is 9.10. The molecule has 0 bridgehead atoms. The summed E-state index contributed by atoms with van der Waals surface area (Å²) in [5, 5.41) is 0. The second-order valence-electron chi connectivity index (χ2n) is 5.43. The monoisotopic (exact) mass is 336 g/mol. The Balaban J connectivity index is 1.89. The molecule has 23 heavy (non-hydrogen) atoms. The molecule has 1 aliphatic rings. The van der Waals surface area contributed by atoms with Gasteiger partial charge in [0.1, 0.15) is 5.75 Å². The molecule has 2 amide bonds. The van der Waals surface area contributed by atoms with Crippen molar-refractivity contribution in [3.63, 3.8) is 0 Å². The van der Waals surface area contributed by atoms with Crippen molar-refractivity contribution in [3.05, 3.63) is 29.8 Å². The Morgan fingerprint density at radius 3 is 2.43 bits per heavy atom. The van der Waals surface area contributed by atoms with Crippen LogP contribution in [0.15, 0.2) is 24.3 Å². The number of hydrogen-bond acceptors (Lipinski definition) is 4. The van der Waals surface area contributed by atoms with Crippen LogP contribution in [0.25, 0.3) is 0 Å². The third kappa shape index (κ3) is 4.64. The van der Waals surface area contributed by atoms with Gasteiger partial charge in [0.25, 0.3) is 5.91 Å². The van der Waals surface area contributed by atoms with E-state index in [9.17, 15) is 9.59 Å². The van der Waals surface area contributed by atoms with Crippen molar-refractivity contribution in [1.82, 2.24) is 9.80 Å². The van der Waals surface area contributed by atoms with Crippen molar-refractivity contribution in [2.45, 2.75) is 13.3 Å². The van der Waals surface area contributed by atoms with Crippen LogP contribution in [0.2, 0.25) is 0 Å². The average molecular weight is 336 g/mol. The minimum atomic E-state index is -0.0325. The number of piperazine rings is 1. The molecular weight excluding hydrogens is 312 g/mol. The lowest BCUT2D eigenvalue weighted by molar-refractivity contribution is -0.129. The van der Waals surface area contributed by atoms with E-state index in [1.165, 1.54) is 0 Å². The predicted octanol–water partition coefficient (Wildman–Crippen LogP) is 2.12. The highest BCUT2D eigenvalue weighted by Crippen LogP contribution is 2.20. The first-order chi connectivity index (χ1) is 11.2. The van der Waals surface area contributed by atoms with Gasteiger partial charge in [0.05, 0.1) is 18.4 Å². The van der Waals surface area contributed by atoms with Gasteiger partial charge in [-0.1, -0.05) is 19.1 Å². The number of nitrogens with zero attached hydrogens (tertiary/aromatic N) is 2. The number of methoxy groups -OCH3 is 1. The summed E-state index contributed by atoms with van der Waals surface area (Å²) in [4.78, 5) is 28.4. The molecule has 6 heteroatoms. The van der Waals surface area contributed by atoms with Crippen molar-refractivity contribution in [3.8, 4) is 5.75 Å². The predicted molar refractivity (Wildman–Crippen MR) is 93.1 cm³/mol. The topological polar surface area (TPSA) is 49.9 Å². The number of rotatable bonds is 6. The first kappa shape index (κ1) is 17.7. The van der Waals surface area contributed by atoms with Gasteiger partial charge in [-0.05, 0) is 24.3 Å². The summed E-state index contributed by atoms with van der Waals surface area (Å²) < 4.78 is 5.26. The lowest BCUT2D eigenvalue weighted by Crippen LogP contribution is -2.51. The zero-order chi connectivity index (χ0) is 16.7. The van der Waals surface area contributed by atoms with Crippen LogP contribution in [0.4, 0.5) is 0 Å². The summed E-state index contributed by atoms with van der Waals surface area (Å²) in [5.74, 6) is 2.28. The fraction of sp³-hybridized carbons (Fsp3) is 0.529. The zero-order valence-electron chi connectivity index (χ0n) is 13.8. The molecule has 1 aromatic rings. The summed E-state index contributed by atoms with van der Waals surface area (Å²) in [7, 11) is 1.57. The maximum atomic E-state index is 12.6. The largest absolute Gasteiger partial charge is 0.496 e. The molecule has 1 aromatic carbocycles. The molecule has 1 aliphatic heterocycles. The molecule has 0 saturated carbocycles. The fourth-order valence-electron chi connectivity index (χ4n) is 2.55. The van der Waals surface area contributed by atoms with Crippen LogP contribution < -0.4 is 4.74 Å². The van der Waals surface area contributed by atoms with Gasteiger partial charge in [0.15, 0.2) is 0 Å². The van der Waals surface area contributed by atoms with Crippen molar-refractivity contribution in [1.29, 1.82) is 0 Å². The van der Waals surface area contributed by atoms with Crippen LogP contribution in [-0.2, 0) is 4.79 Å². The highest BCUT2D eigenvalue weighted by molar-refractivity contribution is 7.99. The van der Waals surface area contributed by atoms with Crippen molar-refractivity contribution >= 4 is 23.6 Å². The van der Waals surface area contributed by atoms with Crippen LogP contribution in [0.1, 0.15) is 23.7 Å². The minimum Gasteiger partial charge on any atom is -0.496 e. The molecule has 0 aliphatic carbocycles. The van der Waals surface area contributed by atoms with Gasteiger partial charge in [0.2, 0.25) is 5.91 Å². The van der Waals surface area contributed by atoms with Crippen LogP contribution >= 0.6 is 11.8 Å². The molecule has 126 valence electrons. The number of amides is 2. The highest BCUT2D eigenvalue weighted by Gasteiger charge is 2.26. The van der Waals surface area contributed by atoms with Crippen LogP contribution in [0, 0.1) is 0 Å². The fourth-order valence-corrected chi connectivity index (χ4v) is 3.34. The van der Waals surface area contributed by atoms with E-state index in [0.29, 0.717) is 43.2 Å². The Labute approximate surface area is 142 Å². The summed E-state index contributed by atoms with van der Waals surface area (Å²) in [6.07, 6.45) is 1.08. The van der Waals surface area contributed by atoms with Gasteiger partial charge < -0.3 is 14.5 Å². The van der Waals surface area contributed by atoms with Crippen molar-refractivity contribution in [2.24, 2.45) is 0 Å². The normalized spacial score (nSPS) is 14.7. The SMILES string of the molecule is CCCSCC(=O)N1CCN(C(=O)c2ccccc2OC)CC1. The van der Waals surface area contributed by atoms with Crippen LogP contribution in [0.5, 0.6) is 5.75 Å². The van der Waals surface area contributed by atoms with E-state index in [1.54, 1.807) is 35.9 Å². The Hall–Kier alpha value is -1.69. The van der Waals surface area contributed by atoms with E-state index in [-0.39, 0.29) is 11.8 Å². The zero-order valence-corrected chi connectivity index (χ0v) is 14.6. The number of thioether (sulfide) groups is 1. The maximum Gasteiger partial charge on any atom is 0.257 e. The molecule has 2 rings (SSSR count). The quantitative estimate of drug-likeness (QED) is 0.747. The van der Waals surface area contributed by atoms with Crippen molar-refractivity contribution < 1.29 is 14.3 Å². The standard InChI is InChI=1S/C17H24N2O3S/c1-3-12-23-13-16(20)18-8-10-19(11-9-18)17(21)14-6-4-5-7-15(14)22-2/h4-7H,3,8-13H2,1-2H3. The van der Waals surface area contributed by atoms with Gasteiger partial charge in [-0.15, -0.1) is 0 Å². The lowest BCUT2D eigenvalue weighted by Gasteiger charge is -2.35. The minimum absolute atomic E-state index is 0.0325. The third-order valence-corrected chi connectivity index (χ3v) is 4.98. The highest BCUT2D eigenvalue weighted by atomic mass is 32.2. The van der Waals surface area contributed by atoms with Gasteiger partial charge in [0, 0.05) is 26.2 Å². The number of hydrogen-bond donors (Lipinski definition) is 0. The summed E-state index contributed by atoms with van der Waals surface area (Å²) in [5.41, 5.74) is 0.577. The molecule has 0 spiro atoms. The van der Waals surface area contributed by atoms with Crippen molar-refractivity contribution in [2.75, 3.05) is 44.8 Å². The van der Waals surface area contributed by atoms with E-state index in [2.05, 4.69) is 6.92 Å². The van der Waals surface area contributed by atoms with E-state index < -0.39 is 0 Å². The number of ether oxygens (including phenoxy) is 1. The Morgan fingerprint density at radius 1 is 1.13 bits per heavy atom. The number of benzene rings is 1. The van der Waals surface area contributed by atoms with E-state index in [0.717, 1.165) is 12.2 Å². The molecule has 5 nitrogen and oxygen atoms in total. The Kier molecular flexibility index (Phi) is 6.77. The maximum absolute atomic E-state index is 12.6. The van der Waals surface area contributed by atoms with E-state index in [4.69, 9.17) is 4.74 Å². The number of para-hydroxylation sites is 1. The molecule has 1 heterocycles. The average Bonchev–Trinajstić information content (AvgIpc) is 2.61. The smallest absolute Gasteiger partial charge is 0.257 e.